The molecule has 0 aliphatic heterocycles. The maximum Gasteiger partial charge on any atom is 2.00 e. The normalized spacial score (nSPS) is 7.50. The molecule has 0 fully saturated rings. The minimum Gasteiger partial charge on any atom is -1.00 e. The summed E-state index contributed by atoms with van der Waals surface area (Å²) < 4.78 is 0. The van der Waals surface area contributed by atoms with E-state index in [2.05, 4.69) is 0 Å². The first-order valence-electron chi connectivity index (χ1n) is 0.894. The van der Waals surface area contributed by atoms with Crippen molar-refractivity contribution in [2.24, 2.45) is 0 Å². The van der Waals surface area contributed by atoms with Crippen molar-refractivity contribution >= 4 is 103 Å². The molecule has 0 aromatic carbocycles. The molecule has 8 heteroatoms. The standard InChI is InChI=1S/Ba.Li.H4O4Si.Sr.5H/c;;1-5(2,3)4;;;;;;/h;;1-4H;;;;;;/q+2;+1;;+2;5*-1. The summed E-state index contributed by atoms with van der Waals surface area (Å²) >= 11 is 0. The van der Waals surface area contributed by atoms with Gasteiger partial charge in [-0.25, -0.2) is 0 Å². The van der Waals surface area contributed by atoms with Gasteiger partial charge in [-0.2, -0.15) is 0 Å². The van der Waals surface area contributed by atoms with Gasteiger partial charge in [-0.05, 0) is 0 Å². The molecule has 0 bridgehead atoms. The Morgan fingerprint density at radius 3 is 1.00 bits per heavy atom. The molecule has 0 saturated carbocycles. The predicted octanol–water partition coefficient (Wildman–Crippen LogP) is -5.80. The van der Waals surface area contributed by atoms with E-state index >= 15 is 0 Å². The van der Waals surface area contributed by atoms with Crippen molar-refractivity contribution in [2.75, 3.05) is 0 Å². The Morgan fingerprint density at radius 1 is 1.00 bits per heavy atom. The van der Waals surface area contributed by atoms with E-state index in [0.717, 1.165) is 0 Å². The van der Waals surface area contributed by atoms with E-state index < -0.39 is 9.05 Å². The number of hydrogen-bond acceptors (Lipinski definition) is 4. The number of rotatable bonds is 0. The van der Waals surface area contributed by atoms with E-state index in [9.17, 15) is 0 Å². The van der Waals surface area contributed by atoms with Gasteiger partial charge in [0.25, 0.3) is 0 Å². The van der Waals surface area contributed by atoms with Crippen molar-refractivity contribution in [2.45, 2.75) is 0 Å². The molecule has 8 heavy (non-hydrogen) atoms. The van der Waals surface area contributed by atoms with E-state index in [4.69, 9.17) is 19.2 Å². The first kappa shape index (κ1) is 22.6. The Labute approximate surface area is 145 Å². The van der Waals surface area contributed by atoms with E-state index in [1.54, 1.807) is 0 Å². The van der Waals surface area contributed by atoms with Crippen LogP contribution in [0.25, 0.3) is 0 Å². The van der Waals surface area contributed by atoms with E-state index in [0.29, 0.717) is 0 Å². The Hall–Kier alpha value is 3.71. The van der Waals surface area contributed by atoms with Gasteiger partial charge in [0, 0.05) is 0 Å². The molecule has 0 aromatic heterocycles. The van der Waals surface area contributed by atoms with Crippen LogP contribution in [0.4, 0.5) is 0 Å². The molecule has 0 radical (unpaired) electrons. The maximum atomic E-state index is 7.33. The summed E-state index contributed by atoms with van der Waals surface area (Å²) in [6.45, 7) is 0. The van der Waals surface area contributed by atoms with Crippen molar-refractivity contribution in [3.8, 4) is 0 Å². The molecule has 4 N–H and O–H groups in total. The van der Waals surface area contributed by atoms with Gasteiger partial charge >= 0.3 is 122 Å². The number of hydrogen-bond donors (Lipinski definition) is 4. The molecule has 0 rings (SSSR count). The molecule has 0 aliphatic rings. The van der Waals surface area contributed by atoms with Crippen LogP contribution >= 0.6 is 0 Å². The summed E-state index contributed by atoms with van der Waals surface area (Å²) in [4.78, 5) is 29.3. The summed E-state index contributed by atoms with van der Waals surface area (Å²) in [6.07, 6.45) is 0. The third-order valence-electron chi connectivity index (χ3n) is 0. The second kappa shape index (κ2) is 10.7. The van der Waals surface area contributed by atoms with E-state index in [1.165, 1.54) is 0 Å². The van der Waals surface area contributed by atoms with Crippen LogP contribution in [0.15, 0.2) is 0 Å². The zero-order valence-corrected chi connectivity index (χ0v) is 13.6. The Kier molecular flexibility index (Phi) is 30.2. The molecule has 4 nitrogen and oxygen atoms in total. The minimum atomic E-state index is -4.61. The molecule has 0 spiro atoms. The van der Waals surface area contributed by atoms with Crippen molar-refractivity contribution in [3.05, 3.63) is 0 Å². The van der Waals surface area contributed by atoms with Crippen LogP contribution in [0.5, 0.6) is 0 Å². The van der Waals surface area contributed by atoms with Crippen LogP contribution in [0.2, 0.25) is 0 Å². The third-order valence-corrected chi connectivity index (χ3v) is 0. The molecule has 0 atom stereocenters. The first-order chi connectivity index (χ1) is 2.00. The Bertz CT molecular complexity index is 44.0. The van der Waals surface area contributed by atoms with E-state index in [-0.39, 0.29) is 120 Å². The largest absolute Gasteiger partial charge is 2.00 e. The van der Waals surface area contributed by atoms with Crippen molar-refractivity contribution in [3.63, 3.8) is 0 Å². The fraction of sp³-hybridized carbons (Fsp3) is 0. The van der Waals surface area contributed by atoms with Crippen molar-refractivity contribution in [1.82, 2.24) is 0 Å². The Balaban J connectivity index is -0.00000000286. The van der Waals surface area contributed by atoms with Crippen LogP contribution in [0.1, 0.15) is 7.13 Å². The van der Waals surface area contributed by atoms with Crippen molar-refractivity contribution in [1.29, 1.82) is 0 Å². The fourth-order valence-corrected chi connectivity index (χ4v) is 0. The molecule has 0 heterocycles. The molecule has 42 valence electrons. The van der Waals surface area contributed by atoms with Crippen LogP contribution in [-0.2, 0) is 0 Å². The molecule has 0 unspecified atom stereocenters. The summed E-state index contributed by atoms with van der Waals surface area (Å²) in [5.74, 6) is 0. The molecular weight excluding hydrogens is 324 g/mol. The van der Waals surface area contributed by atoms with Gasteiger partial charge in [0.2, 0.25) is 0 Å². The monoisotopic (exact) mass is 334 g/mol. The average Bonchev–Trinajstić information content (AvgIpc) is 0.722. The topological polar surface area (TPSA) is 80.9 Å². The summed E-state index contributed by atoms with van der Waals surface area (Å²) in [5, 5.41) is 0. The predicted molar refractivity (Wildman–Crippen MR) is 31.7 cm³/mol. The van der Waals surface area contributed by atoms with Gasteiger partial charge in [0.05, 0.1) is 0 Å². The van der Waals surface area contributed by atoms with Gasteiger partial charge < -0.3 is 26.3 Å². The van der Waals surface area contributed by atoms with Gasteiger partial charge in [-0.1, -0.05) is 0 Å². The molecule has 0 amide bonds. The molecule has 0 aromatic rings. The molecule has 0 saturated heterocycles. The summed E-state index contributed by atoms with van der Waals surface area (Å²) in [6, 6.07) is 0. The van der Waals surface area contributed by atoms with Gasteiger partial charge in [-0.3, -0.25) is 0 Å². The van der Waals surface area contributed by atoms with E-state index in [1.807, 2.05) is 0 Å². The second-order valence-electron chi connectivity index (χ2n) is 0.600. The Morgan fingerprint density at radius 2 is 1.00 bits per heavy atom. The first-order valence-corrected chi connectivity index (χ1v) is 2.68. The maximum absolute atomic E-state index is 7.33. The zero-order valence-electron chi connectivity index (χ0n) is 9.70. The summed E-state index contributed by atoms with van der Waals surface area (Å²) in [5.41, 5.74) is 0. The van der Waals surface area contributed by atoms with Gasteiger partial charge in [0.1, 0.15) is 0 Å². The van der Waals surface area contributed by atoms with Crippen LogP contribution < -0.4 is 18.9 Å². The minimum absolute atomic E-state index is 0. The summed E-state index contributed by atoms with van der Waals surface area (Å²) in [7, 11) is -4.61. The van der Waals surface area contributed by atoms with Crippen LogP contribution in [-0.4, -0.2) is 123 Å². The van der Waals surface area contributed by atoms with Crippen LogP contribution in [0, 0.1) is 0 Å². The SMILES string of the molecule is O[Si](O)(O)O.[Ba+2].[H-].[H-].[H-].[H-].[H-].[Li+].[Sr+2]. The second-order valence-corrected chi connectivity index (χ2v) is 1.80. The fourth-order valence-electron chi connectivity index (χ4n) is 0. The quantitative estimate of drug-likeness (QED) is 0.333. The van der Waals surface area contributed by atoms with Gasteiger partial charge in [-0.15, -0.1) is 0 Å². The smallest absolute Gasteiger partial charge is 1.00 e. The zero-order chi connectivity index (χ0) is 4.50. The molecular formula is H9BaLiO4SiSr. The van der Waals surface area contributed by atoms with Crippen LogP contribution in [0.3, 0.4) is 0 Å². The third kappa shape index (κ3) is 53.6. The van der Waals surface area contributed by atoms with Gasteiger partial charge in [0.15, 0.2) is 0 Å². The molecule has 0 aliphatic carbocycles. The average molecular weight is 333 g/mol. The van der Waals surface area contributed by atoms with Crippen molar-refractivity contribution < 1.29 is 45.2 Å².